The van der Waals surface area contributed by atoms with Crippen molar-refractivity contribution in [2.75, 3.05) is 13.2 Å². The van der Waals surface area contributed by atoms with Gasteiger partial charge in [-0.15, -0.1) is 0 Å². The number of nitrogens with two attached hydrogens (primary N) is 1. The van der Waals surface area contributed by atoms with Crippen LogP contribution in [0.3, 0.4) is 0 Å². The summed E-state index contributed by atoms with van der Waals surface area (Å²) in [5, 5.41) is 10.9. The van der Waals surface area contributed by atoms with E-state index in [1.165, 1.54) is 0 Å². The highest BCUT2D eigenvalue weighted by Gasteiger charge is 2.38. The molecule has 0 aliphatic carbocycles. The van der Waals surface area contributed by atoms with Crippen LogP contribution in [-0.2, 0) is 13.6 Å². The van der Waals surface area contributed by atoms with Crippen molar-refractivity contribution in [3.05, 3.63) is 39.7 Å². The summed E-state index contributed by atoms with van der Waals surface area (Å²) in [6.07, 6.45) is 0. The van der Waals surface area contributed by atoms with Gasteiger partial charge in [-0.25, -0.2) is 4.39 Å². The molecule has 0 spiro atoms. The lowest BCUT2D eigenvalue weighted by Crippen LogP contribution is -2.16. The van der Waals surface area contributed by atoms with Crippen molar-refractivity contribution in [2.24, 2.45) is 5.73 Å². The predicted octanol–water partition coefficient (Wildman–Crippen LogP) is 2.96. The van der Waals surface area contributed by atoms with Gasteiger partial charge in [-0.05, 0) is 26.0 Å². The van der Waals surface area contributed by atoms with Gasteiger partial charge in [0.05, 0.1) is 23.7 Å². The first-order valence-electron chi connectivity index (χ1n) is 5.94. The molecule has 0 radical (unpaired) electrons. The summed E-state index contributed by atoms with van der Waals surface area (Å²) in [5.74, 6) is -2.15. The zero-order valence-corrected chi connectivity index (χ0v) is 12.0. The first kappa shape index (κ1) is 16.7. The molecular formula is C11H16FN2O5P. The van der Waals surface area contributed by atoms with Gasteiger partial charge in [0.1, 0.15) is 11.6 Å². The first-order chi connectivity index (χ1) is 9.35. The third-order valence-corrected chi connectivity index (χ3v) is 4.66. The summed E-state index contributed by atoms with van der Waals surface area (Å²) in [6, 6.07) is 2.76. The third kappa shape index (κ3) is 3.61. The normalized spacial score (nSPS) is 13.2. The summed E-state index contributed by atoms with van der Waals surface area (Å²) >= 11 is 0. The number of halogens is 1. The van der Waals surface area contributed by atoms with Gasteiger partial charge in [0.15, 0.2) is 0 Å². The van der Waals surface area contributed by atoms with Crippen molar-refractivity contribution in [3.8, 4) is 0 Å². The maximum absolute atomic E-state index is 13.3. The number of nitrogens with zero attached hydrogens (tertiary/aromatic N) is 1. The predicted molar refractivity (Wildman–Crippen MR) is 70.8 cm³/mol. The summed E-state index contributed by atoms with van der Waals surface area (Å²) in [5.41, 5.74) is 5.11. The second-order valence-electron chi connectivity index (χ2n) is 3.78. The maximum atomic E-state index is 13.3. The molecule has 0 aromatic heterocycles. The molecule has 0 saturated carbocycles. The standard InChI is InChI=1S/C11H16FN2O5P/c1-3-18-20(17,19-4-2)11(13)9-7-8(12)5-6-10(9)14(15)16/h5-7,11H,3-4,13H2,1-2H3. The van der Waals surface area contributed by atoms with E-state index in [0.29, 0.717) is 0 Å². The van der Waals surface area contributed by atoms with Crippen LogP contribution in [-0.4, -0.2) is 18.1 Å². The molecule has 0 saturated heterocycles. The van der Waals surface area contributed by atoms with E-state index in [-0.39, 0.29) is 18.8 Å². The van der Waals surface area contributed by atoms with E-state index < -0.39 is 29.8 Å². The fourth-order valence-corrected chi connectivity index (χ4v) is 3.32. The Balaban J connectivity index is 3.30. The molecule has 0 fully saturated rings. The van der Waals surface area contributed by atoms with Crippen LogP contribution >= 0.6 is 7.60 Å². The Labute approximate surface area is 115 Å². The number of hydrogen-bond acceptors (Lipinski definition) is 6. The van der Waals surface area contributed by atoms with Crippen molar-refractivity contribution in [3.63, 3.8) is 0 Å². The van der Waals surface area contributed by atoms with Crippen LogP contribution in [0, 0.1) is 15.9 Å². The van der Waals surface area contributed by atoms with Crippen LogP contribution in [0.1, 0.15) is 25.2 Å². The average molecular weight is 306 g/mol. The van der Waals surface area contributed by atoms with E-state index in [0.717, 1.165) is 18.2 Å². The minimum absolute atomic E-state index is 0.0497. The van der Waals surface area contributed by atoms with Crippen molar-refractivity contribution in [2.45, 2.75) is 19.6 Å². The minimum atomic E-state index is -3.81. The largest absolute Gasteiger partial charge is 0.351 e. The average Bonchev–Trinajstić information content (AvgIpc) is 2.37. The van der Waals surface area contributed by atoms with E-state index in [2.05, 4.69) is 0 Å². The molecule has 0 aliphatic heterocycles. The van der Waals surface area contributed by atoms with Crippen LogP contribution in [0.4, 0.5) is 10.1 Å². The van der Waals surface area contributed by atoms with Crippen LogP contribution in [0.25, 0.3) is 0 Å². The van der Waals surface area contributed by atoms with E-state index in [4.69, 9.17) is 14.8 Å². The molecule has 1 aromatic carbocycles. The highest BCUT2D eigenvalue weighted by atomic mass is 31.2. The Hall–Kier alpha value is -1.34. The van der Waals surface area contributed by atoms with Gasteiger partial charge in [0.25, 0.3) is 5.69 Å². The fraction of sp³-hybridized carbons (Fsp3) is 0.455. The zero-order valence-electron chi connectivity index (χ0n) is 11.1. The van der Waals surface area contributed by atoms with Crippen molar-refractivity contribution in [1.29, 1.82) is 0 Å². The number of hydrogen-bond donors (Lipinski definition) is 1. The van der Waals surface area contributed by atoms with E-state index in [9.17, 15) is 19.1 Å². The Morgan fingerprint density at radius 2 is 1.95 bits per heavy atom. The summed E-state index contributed by atoms with van der Waals surface area (Å²) in [4.78, 5) is 10.2. The van der Waals surface area contributed by atoms with Gasteiger partial charge in [-0.1, -0.05) is 0 Å². The molecule has 1 unspecified atom stereocenters. The van der Waals surface area contributed by atoms with Crippen LogP contribution in [0.2, 0.25) is 0 Å². The molecule has 2 N–H and O–H groups in total. The summed E-state index contributed by atoms with van der Waals surface area (Å²) < 4.78 is 35.8. The van der Waals surface area contributed by atoms with Crippen LogP contribution in [0.5, 0.6) is 0 Å². The molecule has 0 aliphatic rings. The first-order valence-corrected chi connectivity index (χ1v) is 7.55. The van der Waals surface area contributed by atoms with Gasteiger partial charge in [-0.3, -0.25) is 14.7 Å². The molecular weight excluding hydrogens is 290 g/mol. The lowest BCUT2D eigenvalue weighted by molar-refractivity contribution is -0.385. The van der Waals surface area contributed by atoms with E-state index >= 15 is 0 Å². The zero-order chi connectivity index (χ0) is 15.3. The number of rotatable bonds is 7. The van der Waals surface area contributed by atoms with Gasteiger partial charge < -0.3 is 14.8 Å². The van der Waals surface area contributed by atoms with Gasteiger partial charge >= 0.3 is 7.60 Å². The molecule has 1 aromatic rings. The molecule has 1 rings (SSSR count). The van der Waals surface area contributed by atoms with Crippen LogP contribution in [0.15, 0.2) is 18.2 Å². The van der Waals surface area contributed by atoms with Gasteiger partial charge in [-0.2, -0.15) is 0 Å². The second-order valence-corrected chi connectivity index (χ2v) is 5.93. The molecule has 0 heterocycles. The highest BCUT2D eigenvalue weighted by Crippen LogP contribution is 2.59. The third-order valence-electron chi connectivity index (χ3n) is 2.46. The van der Waals surface area contributed by atoms with Gasteiger partial charge in [0, 0.05) is 6.07 Å². The van der Waals surface area contributed by atoms with Crippen molar-refractivity contribution >= 4 is 13.3 Å². The lowest BCUT2D eigenvalue weighted by Gasteiger charge is -2.23. The van der Waals surface area contributed by atoms with Gasteiger partial charge in [0.2, 0.25) is 0 Å². The number of nitro groups is 1. The Bertz CT molecular complexity index is 530. The maximum Gasteiger partial charge on any atom is 0.351 e. The van der Waals surface area contributed by atoms with Crippen molar-refractivity contribution in [1.82, 2.24) is 0 Å². The smallest absolute Gasteiger partial charge is 0.314 e. The molecule has 9 heteroatoms. The second kappa shape index (κ2) is 6.90. The lowest BCUT2D eigenvalue weighted by atomic mass is 10.2. The Kier molecular flexibility index (Phi) is 5.76. The SMILES string of the molecule is CCOP(=O)(OCC)C(N)c1cc(F)ccc1[N+](=O)[O-]. The Morgan fingerprint density at radius 3 is 2.40 bits per heavy atom. The molecule has 0 bridgehead atoms. The van der Waals surface area contributed by atoms with E-state index in [1.807, 2.05) is 0 Å². The topological polar surface area (TPSA) is 105 Å². The van der Waals surface area contributed by atoms with Crippen molar-refractivity contribution < 1.29 is 22.9 Å². The quantitative estimate of drug-likeness (QED) is 0.471. The molecule has 0 amide bonds. The minimum Gasteiger partial charge on any atom is -0.314 e. The molecule has 112 valence electrons. The molecule has 7 nitrogen and oxygen atoms in total. The number of benzene rings is 1. The Morgan fingerprint density at radius 1 is 1.40 bits per heavy atom. The highest BCUT2D eigenvalue weighted by molar-refractivity contribution is 7.54. The molecule has 1 atom stereocenters. The fourth-order valence-electron chi connectivity index (χ4n) is 1.66. The number of nitro benzene ring substituents is 1. The summed E-state index contributed by atoms with van der Waals surface area (Å²) in [7, 11) is -3.81. The van der Waals surface area contributed by atoms with E-state index in [1.54, 1.807) is 13.8 Å². The molecule has 20 heavy (non-hydrogen) atoms. The summed E-state index contributed by atoms with van der Waals surface area (Å²) in [6.45, 7) is 3.26. The monoisotopic (exact) mass is 306 g/mol. The van der Waals surface area contributed by atoms with Crippen LogP contribution < -0.4 is 5.73 Å².